The standard InChI is InChI=1S/C9H16N2O5S/c1-17-3-2-6(10)9(16)11(4-7(12)13)5-8(14)15/h6H,2-5,10H2,1H3,(H,12,13)(H,14,15)/t6-/m0/s1. The summed E-state index contributed by atoms with van der Waals surface area (Å²) in [6.07, 6.45) is 2.24. The number of nitrogens with zero attached hydrogens (tertiary/aromatic N) is 1. The Kier molecular flexibility index (Phi) is 7.31. The lowest BCUT2D eigenvalue weighted by atomic mass is 10.2. The zero-order chi connectivity index (χ0) is 13.4. The van der Waals surface area contributed by atoms with E-state index in [-0.39, 0.29) is 0 Å². The van der Waals surface area contributed by atoms with Gasteiger partial charge in [0.1, 0.15) is 13.1 Å². The highest BCUT2D eigenvalue weighted by Crippen LogP contribution is 2.02. The smallest absolute Gasteiger partial charge is 0.323 e. The SMILES string of the molecule is CSCC[C@H](N)C(=O)N(CC(=O)O)CC(=O)O. The van der Waals surface area contributed by atoms with Gasteiger partial charge >= 0.3 is 11.9 Å². The molecule has 1 atom stereocenters. The largest absolute Gasteiger partial charge is 0.480 e. The molecule has 0 heterocycles. The second-order valence-corrected chi connectivity index (χ2v) is 4.36. The summed E-state index contributed by atoms with van der Waals surface area (Å²) in [5, 5.41) is 17.1. The number of carbonyl (C=O) groups is 3. The fraction of sp³-hybridized carbons (Fsp3) is 0.667. The zero-order valence-corrected chi connectivity index (χ0v) is 10.3. The van der Waals surface area contributed by atoms with Crippen LogP contribution >= 0.6 is 11.8 Å². The van der Waals surface area contributed by atoms with E-state index >= 15 is 0 Å². The normalized spacial score (nSPS) is 11.9. The summed E-state index contributed by atoms with van der Waals surface area (Å²) in [6.45, 7) is -1.31. The van der Waals surface area contributed by atoms with Crippen LogP contribution in [-0.4, -0.2) is 64.1 Å². The van der Waals surface area contributed by atoms with Crippen LogP contribution in [0.1, 0.15) is 6.42 Å². The van der Waals surface area contributed by atoms with Crippen molar-refractivity contribution in [2.24, 2.45) is 5.73 Å². The summed E-state index contributed by atoms with van der Waals surface area (Å²) >= 11 is 1.50. The molecule has 0 aliphatic heterocycles. The molecule has 0 aromatic carbocycles. The molecule has 0 saturated heterocycles. The van der Waals surface area contributed by atoms with Crippen molar-refractivity contribution < 1.29 is 24.6 Å². The van der Waals surface area contributed by atoms with E-state index in [9.17, 15) is 14.4 Å². The number of rotatable bonds is 8. The first-order valence-electron chi connectivity index (χ1n) is 4.85. The number of thioether (sulfide) groups is 1. The van der Waals surface area contributed by atoms with Crippen molar-refractivity contribution in [3.8, 4) is 0 Å². The predicted molar refractivity (Wildman–Crippen MR) is 62.8 cm³/mol. The average Bonchev–Trinajstić information content (AvgIpc) is 2.22. The van der Waals surface area contributed by atoms with Gasteiger partial charge < -0.3 is 20.8 Å². The monoisotopic (exact) mass is 264 g/mol. The topological polar surface area (TPSA) is 121 Å². The van der Waals surface area contributed by atoms with E-state index in [0.717, 1.165) is 4.90 Å². The summed E-state index contributed by atoms with van der Waals surface area (Å²) < 4.78 is 0. The maximum atomic E-state index is 11.7. The van der Waals surface area contributed by atoms with Crippen LogP contribution in [0.15, 0.2) is 0 Å². The molecule has 98 valence electrons. The molecule has 0 saturated carbocycles. The Hall–Kier alpha value is -1.28. The van der Waals surface area contributed by atoms with Gasteiger partial charge in [0.25, 0.3) is 0 Å². The molecule has 7 nitrogen and oxygen atoms in total. The summed E-state index contributed by atoms with van der Waals surface area (Å²) in [6, 6.07) is -0.860. The Morgan fingerprint density at radius 2 is 1.71 bits per heavy atom. The summed E-state index contributed by atoms with van der Waals surface area (Å²) in [7, 11) is 0. The maximum Gasteiger partial charge on any atom is 0.323 e. The van der Waals surface area contributed by atoms with Gasteiger partial charge in [-0.25, -0.2) is 0 Å². The minimum Gasteiger partial charge on any atom is -0.480 e. The lowest BCUT2D eigenvalue weighted by molar-refractivity contribution is -0.149. The molecule has 0 aromatic rings. The number of carboxylic acid groups (broad SMARTS) is 2. The summed E-state index contributed by atoms with van der Waals surface area (Å²) in [5.41, 5.74) is 5.57. The first-order valence-corrected chi connectivity index (χ1v) is 6.24. The lowest BCUT2D eigenvalue weighted by Crippen LogP contribution is -2.48. The third kappa shape index (κ3) is 6.80. The van der Waals surface area contributed by atoms with E-state index in [1.165, 1.54) is 11.8 Å². The minimum absolute atomic E-state index is 0.385. The molecule has 0 aliphatic carbocycles. The van der Waals surface area contributed by atoms with Crippen LogP contribution in [0, 0.1) is 0 Å². The van der Waals surface area contributed by atoms with E-state index in [0.29, 0.717) is 12.2 Å². The predicted octanol–water partition coefficient (Wildman–Crippen LogP) is -0.935. The van der Waals surface area contributed by atoms with Crippen molar-refractivity contribution in [2.75, 3.05) is 25.1 Å². The van der Waals surface area contributed by atoms with Gasteiger partial charge in [-0.2, -0.15) is 11.8 Å². The van der Waals surface area contributed by atoms with E-state index < -0.39 is 37.0 Å². The molecule has 0 aliphatic rings. The Labute approximate surface area is 103 Å². The Balaban J connectivity index is 4.49. The summed E-state index contributed by atoms with van der Waals surface area (Å²) in [5.74, 6) is -2.53. The highest BCUT2D eigenvalue weighted by atomic mass is 32.2. The van der Waals surface area contributed by atoms with Gasteiger partial charge in [-0.15, -0.1) is 0 Å². The molecule has 0 bridgehead atoms. The second kappa shape index (κ2) is 7.91. The quantitative estimate of drug-likeness (QED) is 0.517. The van der Waals surface area contributed by atoms with Crippen molar-refractivity contribution >= 4 is 29.6 Å². The van der Waals surface area contributed by atoms with Gasteiger partial charge in [-0.3, -0.25) is 14.4 Å². The number of hydrogen-bond donors (Lipinski definition) is 3. The third-order valence-corrected chi connectivity index (χ3v) is 2.56. The lowest BCUT2D eigenvalue weighted by Gasteiger charge is -2.22. The van der Waals surface area contributed by atoms with Gasteiger partial charge in [0.05, 0.1) is 6.04 Å². The van der Waals surface area contributed by atoms with Gasteiger partial charge in [-0.05, 0) is 18.4 Å². The molecule has 0 rings (SSSR count). The highest BCUT2D eigenvalue weighted by molar-refractivity contribution is 7.98. The molecule has 0 radical (unpaired) electrons. The minimum atomic E-state index is -1.27. The highest BCUT2D eigenvalue weighted by Gasteiger charge is 2.24. The Bertz CT molecular complexity index is 281. The Morgan fingerprint density at radius 1 is 1.24 bits per heavy atom. The molecule has 0 fully saturated rings. The van der Waals surface area contributed by atoms with Crippen molar-refractivity contribution in [3.63, 3.8) is 0 Å². The number of carboxylic acids is 2. The summed E-state index contributed by atoms with van der Waals surface area (Å²) in [4.78, 5) is 33.4. The van der Waals surface area contributed by atoms with E-state index in [1.54, 1.807) is 0 Å². The number of amides is 1. The van der Waals surface area contributed by atoms with Crippen LogP contribution in [-0.2, 0) is 14.4 Å². The number of aliphatic carboxylic acids is 2. The van der Waals surface area contributed by atoms with Crippen molar-refractivity contribution in [2.45, 2.75) is 12.5 Å². The molecular weight excluding hydrogens is 248 g/mol. The average molecular weight is 264 g/mol. The van der Waals surface area contributed by atoms with Crippen molar-refractivity contribution in [1.29, 1.82) is 0 Å². The molecule has 0 spiro atoms. The van der Waals surface area contributed by atoms with Crippen LogP contribution in [0.5, 0.6) is 0 Å². The van der Waals surface area contributed by atoms with Gasteiger partial charge in [-0.1, -0.05) is 0 Å². The van der Waals surface area contributed by atoms with Crippen molar-refractivity contribution in [3.05, 3.63) is 0 Å². The molecule has 1 amide bonds. The van der Waals surface area contributed by atoms with Crippen LogP contribution in [0.4, 0.5) is 0 Å². The number of carbonyl (C=O) groups excluding carboxylic acids is 1. The first kappa shape index (κ1) is 15.7. The van der Waals surface area contributed by atoms with Crippen LogP contribution in [0.2, 0.25) is 0 Å². The van der Waals surface area contributed by atoms with Crippen molar-refractivity contribution in [1.82, 2.24) is 4.90 Å². The van der Waals surface area contributed by atoms with Crippen LogP contribution in [0.3, 0.4) is 0 Å². The Morgan fingerprint density at radius 3 is 2.06 bits per heavy atom. The molecule has 17 heavy (non-hydrogen) atoms. The zero-order valence-electron chi connectivity index (χ0n) is 9.46. The number of nitrogens with two attached hydrogens (primary N) is 1. The second-order valence-electron chi connectivity index (χ2n) is 3.37. The van der Waals surface area contributed by atoms with E-state index in [4.69, 9.17) is 15.9 Å². The van der Waals surface area contributed by atoms with E-state index in [1.807, 2.05) is 6.26 Å². The molecule has 0 unspecified atom stereocenters. The van der Waals surface area contributed by atoms with E-state index in [2.05, 4.69) is 0 Å². The third-order valence-electron chi connectivity index (χ3n) is 1.91. The molecular formula is C9H16N2O5S. The van der Waals surface area contributed by atoms with Crippen LogP contribution < -0.4 is 5.73 Å². The van der Waals surface area contributed by atoms with Gasteiger partial charge in [0, 0.05) is 0 Å². The van der Waals surface area contributed by atoms with Crippen LogP contribution in [0.25, 0.3) is 0 Å². The number of hydrogen-bond acceptors (Lipinski definition) is 5. The fourth-order valence-corrected chi connectivity index (χ4v) is 1.63. The molecule has 8 heteroatoms. The maximum absolute atomic E-state index is 11.7. The molecule has 4 N–H and O–H groups in total. The van der Waals surface area contributed by atoms with Gasteiger partial charge in [0.15, 0.2) is 0 Å². The molecule has 0 aromatic heterocycles. The van der Waals surface area contributed by atoms with Gasteiger partial charge in [0.2, 0.25) is 5.91 Å². The first-order chi connectivity index (χ1) is 7.88. The fourth-order valence-electron chi connectivity index (χ4n) is 1.14.